The molecule has 0 bridgehead atoms. The molecular formula is C14H11ClN2. The molecule has 2 aromatic rings. The second-order valence-electron chi connectivity index (χ2n) is 3.75. The third-order valence-corrected chi connectivity index (χ3v) is 2.96. The molecule has 2 aromatic carbocycles. The highest BCUT2D eigenvalue weighted by atomic mass is 35.5. The van der Waals surface area contributed by atoms with Gasteiger partial charge in [-0.15, -0.1) is 0 Å². The van der Waals surface area contributed by atoms with Crippen LogP contribution in [-0.2, 0) is 0 Å². The van der Waals surface area contributed by atoms with Crippen molar-refractivity contribution in [2.24, 2.45) is 0 Å². The molecule has 0 heterocycles. The van der Waals surface area contributed by atoms with Crippen LogP contribution < -0.4 is 5.73 Å². The lowest BCUT2D eigenvalue weighted by Crippen LogP contribution is -1.99. The molecule has 0 aliphatic rings. The molecule has 2 nitrogen and oxygen atoms in total. The van der Waals surface area contributed by atoms with E-state index in [4.69, 9.17) is 17.3 Å². The Bertz CT molecular complexity index is 555. The second-order valence-corrected chi connectivity index (χ2v) is 4.16. The first-order chi connectivity index (χ1) is 8.22. The van der Waals surface area contributed by atoms with E-state index in [1.165, 1.54) is 0 Å². The van der Waals surface area contributed by atoms with Crippen LogP contribution in [0.3, 0.4) is 0 Å². The van der Waals surface area contributed by atoms with E-state index >= 15 is 0 Å². The largest absolute Gasteiger partial charge is 0.399 e. The highest BCUT2D eigenvalue weighted by Crippen LogP contribution is 2.29. The van der Waals surface area contributed by atoms with Gasteiger partial charge in [-0.1, -0.05) is 41.9 Å². The highest BCUT2D eigenvalue weighted by molar-refractivity contribution is 6.31. The average Bonchev–Trinajstić information content (AvgIpc) is 2.35. The van der Waals surface area contributed by atoms with Gasteiger partial charge in [-0.2, -0.15) is 5.26 Å². The van der Waals surface area contributed by atoms with E-state index in [0.29, 0.717) is 10.7 Å². The molecule has 0 aromatic heterocycles. The van der Waals surface area contributed by atoms with E-state index in [9.17, 15) is 5.26 Å². The minimum Gasteiger partial charge on any atom is -0.399 e. The molecule has 0 spiro atoms. The van der Waals surface area contributed by atoms with Gasteiger partial charge in [0.25, 0.3) is 0 Å². The summed E-state index contributed by atoms with van der Waals surface area (Å²) in [5, 5.41) is 9.89. The summed E-state index contributed by atoms with van der Waals surface area (Å²) < 4.78 is 0. The number of nitrogens with zero attached hydrogens (tertiary/aromatic N) is 1. The molecule has 3 heteroatoms. The first kappa shape index (κ1) is 11.5. The molecule has 2 N–H and O–H groups in total. The van der Waals surface area contributed by atoms with Crippen molar-refractivity contribution < 1.29 is 0 Å². The molecule has 0 aliphatic carbocycles. The highest BCUT2D eigenvalue weighted by Gasteiger charge is 2.15. The van der Waals surface area contributed by atoms with Crippen LogP contribution >= 0.6 is 11.6 Å². The molecule has 2 rings (SSSR count). The number of anilines is 1. The van der Waals surface area contributed by atoms with E-state index in [1.807, 2.05) is 30.3 Å². The zero-order valence-corrected chi connectivity index (χ0v) is 9.85. The normalized spacial score (nSPS) is 11.8. The number of halogens is 1. The molecule has 1 atom stereocenters. The first-order valence-electron chi connectivity index (χ1n) is 5.22. The van der Waals surface area contributed by atoms with Crippen molar-refractivity contribution in [2.75, 3.05) is 5.73 Å². The predicted molar refractivity (Wildman–Crippen MR) is 69.8 cm³/mol. The minimum absolute atomic E-state index is 0.357. The Labute approximate surface area is 105 Å². The lowest BCUT2D eigenvalue weighted by atomic mass is 9.92. The Kier molecular flexibility index (Phi) is 3.32. The second kappa shape index (κ2) is 4.90. The molecule has 0 aliphatic heterocycles. The van der Waals surface area contributed by atoms with Crippen molar-refractivity contribution in [1.82, 2.24) is 0 Å². The van der Waals surface area contributed by atoms with Gasteiger partial charge in [-0.25, -0.2) is 0 Å². The summed E-state index contributed by atoms with van der Waals surface area (Å²) in [7, 11) is 0. The molecule has 1 unspecified atom stereocenters. The first-order valence-corrected chi connectivity index (χ1v) is 5.59. The molecular weight excluding hydrogens is 232 g/mol. The molecule has 0 saturated heterocycles. The summed E-state index contributed by atoms with van der Waals surface area (Å²) in [4.78, 5) is 0. The van der Waals surface area contributed by atoms with Crippen molar-refractivity contribution in [3.05, 3.63) is 64.7 Å². The summed E-state index contributed by atoms with van der Waals surface area (Å²) >= 11 is 6.10. The number of hydrogen-bond acceptors (Lipinski definition) is 2. The molecule has 0 saturated carbocycles. The fourth-order valence-corrected chi connectivity index (χ4v) is 1.97. The Morgan fingerprint density at radius 3 is 2.29 bits per heavy atom. The zero-order chi connectivity index (χ0) is 12.3. The number of nitriles is 1. The van der Waals surface area contributed by atoms with Gasteiger partial charge in [0.1, 0.15) is 0 Å². The Balaban J connectivity index is 2.45. The quantitative estimate of drug-likeness (QED) is 0.819. The lowest BCUT2D eigenvalue weighted by molar-refractivity contribution is 1.04. The molecule has 84 valence electrons. The number of nitrogens with two attached hydrogens (primary N) is 1. The van der Waals surface area contributed by atoms with Gasteiger partial charge in [-0.3, -0.25) is 0 Å². The van der Waals surface area contributed by atoms with Gasteiger partial charge in [0.15, 0.2) is 0 Å². The van der Waals surface area contributed by atoms with Gasteiger partial charge < -0.3 is 5.73 Å². The fraction of sp³-hybridized carbons (Fsp3) is 0.0714. The van der Waals surface area contributed by atoms with Crippen molar-refractivity contribution in [2.45, 2.75) is 5.92 Å². The number of benzene rings is 2. The smallest absolute Gasteiger partial charge is 0.0977 e. The Morgan fingerprint density at radius 1 is 1.06 bits per heavy atom. The Morgan fingerprint density at radius 2 is 1.71 bits per heavy atom. The number of nitrogen functional groups attached to an aromatic ring is 1. The van der Waals surface area contributed by atoms with E-state index in [-0.39, 0.29) is 5.92 Å². The maximum atomic E-state index is 9.29. The van der Waals surface area contributed by atoms with Crippen molar-refractivity contribution >= 4 is 17.3 Å². The van der Waals surface area contributed by atoms with Gasteiger partial charge >= 0.3 is 0 Å². The van der Waals surface area contributed by atoms with Crippen LogP contribution in [0.15, 0.2) is 48.5 Å². The summed E-state index contributed by atoms with van der Waals surface area (Å²) in [6.45, 7) is 0. The van der Waals surface area contributed by atoms with Crippen LogP contribution in [0.1, 0.15) is 17.0 Å². The van der Waals surface area contributed by atoms with Crippen LogP contribution in [0.2, 0.25) is 5.02 Å². The number of rotatable bonds is 2. The molecule has 0 fully saturated rings. The molecule has 0 radical (unpaired) electrons. The van der Waals surface area contributed by atoms with Gasteiger partial charge in [0, 0.05) is 10.7 Å². The zero-order valence-electron chi connectivity index (χ0n) is 9.10. The van der Waals surface area contributed by atoms with E-state index in [0.717, 1.165) is 11.1 Å². The Hall–Kier alpha value is -1.98. The lowest BCUT2D eigenvalue weighted by Gasteiger charge is -2.11. The summed E-state index contributed by atoms with van der Waals surface area (Å²) in [5.41, 5.74) is 8.03. The maximum absolute atomic E-state index is 9.29. The van der Waals surface area contributed by atoms with E-state index in [1.54, 1.807) is 18.2 Å². The molecule has 0 amide bonds. The SMILES string of the molecule is N#CC(c1ccc(N)cc1)c1ccccc1Cl. The van der Waals surface area contributed by atoms with Gasteiger partial charge in [-0.05, 0) is 29.3 Å². The van der Waals surface area contributed by atoms with Crippen LogP contribution in [0.25, 0.3) is 0 Å². The van der Waals surface area contributed by atoms with Crippen LogP contribution in [-0.4, -0.2) is 0 Å². The van der Waals surface area contributed by atoms with Crippen LogP contribution in [0.5, 0.6) is 0 Å². The van der Waals surface area contributed by atoms with Gasteiger partial charge in [0.2, 0.25) is 0 Å². The summed E-state index contributed by atoms with van der Waals surface area (Å²) in [6, 6.07) is 16.9. The summed E-state index contributed by atoms with van der Waals surface area (Å²) in [5.74, 6) is -0.357. The minimum atomic E-state index is -0.357. The third-order valence-electron chi connectivity index (χ3n) is 2.62. The van der Waals surface area contributed by atoms with Gasteiger partial charge in [0.05, 0.1) is 12.0 Å². The third kappa shape index (κ3) is 2.41. The summed E-state index contributed by atoms with van der Waals surface area (Å²) in [6.07, 6.45) is 0. The van der Waals surface area contributed by atoms with Crippen molar-refractivity contribution in [1.29, 1.82) is 5.26 Å². The van der Waals surface area contributed by atoms with Crippen molar-refractivity contribution in [3.63, 3.8) is 0 Å². The van der Waals surface area contributed by atoms with Crippen LogP contribution in [0, 0.1) is 11.3 Å². The fourth-order valence-electron chi connectivity index (χ4n) is 1.72. The van der Waals surface area contributed by atoms with E-state index < -0.39 is 0 Å². The van der Waals surface area contributed by atoms with E-state index in [2.05, 4.69) is 6.07 Å². The topological polar surface area (TPSA) is 49.8 Å². The standard InChI is InChI=1S/C14H11ClN2/c15-14-4-2-1-3-12(14)13(9-16)10-5-7-11(17)8-6-10/h1-8,13H,17H2. The van der Waals surface area contributed by atoms with Crippen molar-refractivity contribution in [3.8, 4) is 6.07 Å². The van der Waals surface area contributed by atoms with Crippen LogP contribution in [0.4, 0.5) is 5.69 Å². The number of hydrogen-bond donors (Lipinski definition) is 1. The maximum Gasteiger partial charge on any atom is 0.0977 e. The monoisotopic (exact) mass is 242 g/mol. The average molecular weight is 243 g/mol. The molecule has 17 heavy (non-hydrogen) atoms. The predicted octanol–water partition coefficient (Wildman–Crippen LogP) is 3.58.